The summed E-state index contributed by atoms with van der Waals surface area (Å²) in [6, 6.07) is 19.0. The Labute approximate surface area is 167 Å². The van der Waals surface area contributed by atoms with E-state index in [2.05, 4.69) is 41.5 Å². The van der Waals surface area contributed by atoms with Crippen LogP contribution in [0.25, 0.3) is 0 Å². The van der Waals surface area contributed by atoms with Gasteiger partial charge in [-0.25, -0.2) is 0 Å². The van der Waals surface area contributed by atoms with Crippen LogP contribution in [0.4, 0.5) is 0 Å². The van der Waals surface area contributed by atoms with Gasteiger partial charge in [0.05, 0.1) is 6.54 Å². The minimum atomic E-state index is 0.225. The summed E-state index contributed by atoms with van der Waals surface area (Å²) in [6.45, 7) is 4.66. The molecule has 1 amide bonds. The molecule has 5 nitrogen and oxygen atoms in total. The van der Waals surface area contributed by atoms with Crippen molar-refractivity contribution in [1.29, 1.82) is 0 Å². The Kier molecular flexibility index (Phi) is 5.93. The van der Waals surface area contributed by atoms with E-state index in [1.807, 2.05) is 35.2 Å². The molecule has 2 fully saturated rings. The second-order valence-corrected chi connectivity index (χ2v) is 7.86. The van der Waals surface area contributed by atoms with E-state index in [9.17, 15) is 4.79 Å². The van der Waals surface area contributed by atoms with E-state index >= 15 is 0 Å². The van der Waals surface area contributed by atoms with Crippen LogP contribution in [0.5, 0.6) is 5.75 Å². The Hall–Kier alpha value is -2.37. The highest BCUT2D eigenvalue weighted by Crippen LogP contribution is 2.41. The summed E-state index contributed by atoms with van der Waals surface area (Å²) in [7, 11) is 2.10. The Morgan fingerprint density at radius 1 is 1.04 bits per heavy atom. The second-order valence-electron chi connectivity index (χ2n) is 7.86. The fraction of sp³-hybridized carbons (Fsp3) is 0.435. The molecule has 28 heavy (non-hydrogen) atoms. The maximum Gasteiger partial charge on any atom is 0.236 e. The maximum absolute atomic E-state index is 12.3. The summed E-state index contributed by atoms with van der Waals surface area (Å²) >= 11 is 0. The molecular weight excluding hydrogens is 350 g/mol. The zero-order chi connectivity index (χ0) is 19.3. The van der Waals surface area contributed by atoms with Crippen molar-refractivity contribution in [3.8, 4) is 5.75 Å². The third kappa shape index (κ3) is 4.91. The topological polar surface area (TPSA) is 44.8 Å². The SMILES string of the molecule is CN1CCN(C(=O)CN[C@@H]2C[C@H]2c2ccc(OCc3ccccc3)cc2)CC1. The summed E-state index contributed by atoms with van der Waals surface area (Å²) in [4.78, 5) is 16.6. The second kappa shape index (κ2) is 8.76. The lowest BCUT2D eigenvalue weighted by molar-refractivity contribution is -0.131. The lowest BCUT2D eigenvalue weighted by atomic mass is 10.1. The van der Waals surface area contributed by atoms with Crippen LogP contribution in [0.3, 0.4) is 0 Å². The summed E-state index contributed by atoms with van der Waals surface area (Å²) in [6.07, 6.45) is 1.10. The van der Waals surface area contributed by atoms with E-state index in [0.29, 0.717) is 25.1 Å². The van der Waals surface area contributed by atoms with E-state index in [-0.39, 0.29) is 5.91 Å². The number of amides is 1. The standard InChI is InChI=1S/C23H29N3O2/c1-25-11-13-26(14-12-25)23(27)16-24-22-15-21(22)19-7-9-20(10-8-19)28-17-18-5-3-2-4-6-18/h2-10,21-22,24H,11-17H2,1H3/t21-,22+/m0/s1. The number of carbonyl (C=O) groups excluding carboxylic acids is 1. The summed E-state index contributed by atoms with van der Waals surface area (Å²) in [5.74, 6) is 1.62. The van der Waals surface area contributed by atoms with Gasteiger partial charge in [-0.05, 0) is 36.7 Å². The number of carbonyl (C=O) groups is 1. The minimum absolute atomic E-state index is 0.225. The van der Waals surface area contributed by atoms with Crippen LogP contribution in [-0.2, 0) is 11.4 Å². The van der Waals surface area contributed by atoms with Crippen molar-refractivity contribution in [2.24, 2.45) is 0 Å². The predicted octanol–water partition coefficient (Wildman–Crippen LogP) is 2.49. The van der Waals surface area contributed by atoms with Crippen LogP contribution in [0.15, 0.2) is 54.6 Å². The number of ether oxygens (including phenoxy) is 1. The molecule has 1 saturated carbocycles. The average molecular weight is 380 g/mol. The van der Waals surface area contributed by atoms with Gasteiger partial charge in [0.1, 0.15) is 12.4 Å². The van der Waals surface area contributed by atoms with Gasteiger partial charge in [-0.15, -0.1) is 0 Å². The lowest BCUT2D eigenvalue weighted by Crippen LogP contribution is -2.49. The van der Waals surface area contributed by atoms with Crippen molar-refractivity contribution in [1.82, 2.24) is 15.1 Å². The fourth-order valence-corrected chi connectivity index (χ4v) is 3.73. The van der Waals surface area contributed by atoms with Gasteiger partial charge in [-0.3, -0.25) is 4.79 Å². The van der Waals surface area contributed by atoms with Crippen molar-refractivity contribution in [2.75, 3.05) is 39.8 Å². The molecule has 148 valence electrons. The van der Waals surface area contributed by atoms with E-state index in [1.165, 1.54) is 11.1 Å². The number of hydrogen-bond acceptors (Lipinski definition) is 4. The molecule has 1 saturated heterocycles. The highest BCUT2D eigenvalue weighted by Gasteiger charge is 2.38. The van der Waals surface area contributed by atoms with Crippen LogP contribution < -0.4 is 10.1 Å². The number of benzene rings is 2. The maximum atomic E-state index is 12.3. The molecular formula is C23H29N3O2. The monoisotopic (exact) mass is 379 g/mol. The number of nitrogens with one attached hydrogen (secondary N) is 1. The smallest absolute Gasteiger partial charge is 0.236 e. The molecule has 0 unspecified atom stereocenters. The van der Waals surface area contributed by atoms with Crippen LogP contribution in [-0.4, -0.2) is 61.5 Å². The van der Waals surface area contributed by atoms with Gasteiger partial charge < -0.3 is 19.9 Å². The van der Waals surface area contributed by atoms with Crippen LogP contribution in [0.2, 0.25) is 0 Å². The van der Waals surface area contributed by atoms with Crippen molar-refractivity contribution in [3.63, 3.8) is 0 Å². The number of rotatable bonds is 7. The van der Waals surface area contributed by atoms with E-state index in [0.717, 1.165) is 38.3 Å². The van der Waals surface area contributed by atoms with Crippen LogP contribution >= 0.6 is 0 Å². The Balaban J connectivity index is 1.20. The molecule has 2 aliphatic rings. The molecule has 1 N–H and O–H groups in total. The quantitative estimate of drug-likeness (QED) is 0.803. The molecule has 0 bridgehead atoms. The largest absolute Gasteiger partial charge is 0.489 e. The normalized spacial score (nSPS) is 22.1. The average Bonchev–Trinajstić information content (AvgIpc) is 3.52. The van der Waals surface area contributed by atoms with Crippen LogP contribution in [0.1, 0.15) is 23.5 Å². The number of nitrogens with zero attached hydrogens (tertiary/aromatic N) is 2. The molecule has 1 aliphatic heterocycles. The molecule has 5 heteroatoms. The third-order valence-corrected chi connectivity index (χ3v) is 5.72. The van der Waals surface area contributed by atoms with Crippen LogP contribution in [0, 0.1) is 0 Å². The van der Waals surface area contributed by atoms with Crippen molar-refractivity contribution < 1.29 is 9.53 Å². The van der Waals surface area contributed by atoms with Gasteiger partial charge in [-0.2, -0.15) is 0 Å². The van der Waals surface area contributed by atoms with Gasteiger partial charge in [0.2, 0.25) is 5.91 Å². The first-order valence-corrected chi connectivity index (χ1v) is 10.2. The molecule has 4 rings (SSSR count). The first kappa shape index (κ1) is 19.0. The Morgan fingerprint density at radius 3 is 2.46 bits per heavy atom. The zero-order valence-electron chi connectivity index (χ0n) is 16.5. The van der Waals surface area contributed by atoms with Gasteiger partial charge in [-0.1, -0.05) is 42.5 Å². The molecule has 0 aromatic heterocycles. The summed E-state index contributed by atoms with van der Waals surface area (Å²) < 4.78 is 5.86. The summed E-state index contributed by atoms with van der Waals surface area (Å²) in [5, 5.41) is 3.44. The van der Waals surface area contributed by atoms with E-state index in [1.54, 1.807) is 0 Å². The van der Waals surface area contributed by atoms with Gasteiger partial charge >= 0.3 is 0 Å². The summed E-state index contributed by atoms with van der Waals surface area (Å²) in [5.41, 5.74) is 2.49. The molecule has 1 heterocycles. The first-order valence-electron chi connectivity index (χ1n) is 10.2. The first-order chi connectivity index (χ1) is 13.7. The molecule has 1 aliphatic carbocycles. The molecule has 2 aromatic carbocycles. The number of likely N-dealkylation sites (N-methyl/N-ethyl adjacent to an activating group) is 1. The van der Waals surface area contributed by atoms with Crippen molar-refractivity contribution >= 4 is 5.91 Å². The zero-order valence-corrected chi connectivity index (χ0v) is 16.5. The highest BCUT2D eigenvalue weighted by atomic mass is 16.5. The number of piperazine rings is 1. The molecule has 2 atom stereocenters. The van der Waals surface area contributed by atoms with E-state index in [4.69, 9.17) is 4.74 Å². The van der Waals surface area contributed by atoms with Gasteiger partial charge in [0.25, 0.3) is 0 Å². The number of hydrogen-bond donors (Lipinski definition) is 1. The van der Waals surface area contributed by atoms with Gasteiger partial charge in [0, 0.05) is 38.1 Å². The Morgan fingerprint density at radius 2 is 1.75 bits per heavy atom. The highest BCUT2D eigenvalue weighted by molar-refractivity contribution is 5.78. The Bertz CT molecular complexity index is 770. The molecule has 0 spiro atoms. The van der Waals surface area contributed by atoms with Crippen molar-refractivity contribution in [2.45, 2.75) is 25.0 Å². The fourth-order valence-electron chi connectivity index (χ4n) is 3.73. The molecule has 2 aromatic rings. The van der Waals surface area contributed by atoms with Gasteiger partial charge in [0.15, 0.2) is 0 Å². The third-order valence-electron chi connectivity index (χ3n) is 5.72. The predicted molar refractivity (Wildman–Crippen MR) is 110 cm³/mol. The lowest BCUT2D eigenvalue weighted by Gasteiger charge is -2.32. The van der Waals surface area contributed by atoms with E-state index < -0.39 is 0 Å². The van der Waals surface area contributed by atoms with Crippen molar-refractivity contribution in [3.05, 3.63) is 65.7 Å². The minimum Gasteiger partial charge on any atom is -0.489 e. The molecule has 0 radical (unpaired) electrons.